The van der Waals surface area contributed by atoms with Crippen LogP contribution in [0.25, 0.3) is 0 Å². The maximum Gasteiger partial charge on any atom is 0.0115 e. The fraction of sp³-hybridized carbons (Fsp3) is 0.500. The SMILES string of the molecule is N[C@@H]1C[C@H]1c1ccccc1C1CC1. The maximum atomic E-state index is 5.89. The first-order valence-corrected chi connectivity index (χ1v) is 5.20. The first-order chi connectivity index (χ1) is 6.36. The van der Waals surface area contributed by atoms with Gasteiger partial charge in [-0.05, 0) is 36.3 Å². The molecule has 2 aliphatic carbocycles. The van der Waals surface area contributed by atoms with Gasteiger partial charge in [-0.15, -0.1) is 0 Å². The van der Waals surface area contributed by atoms with Gasteiger partial charge < -0.3 is 5.73 Å². The molecule has 1 nitrogen and oxygen atoms in total. The lowest BCUT2D eigenvalue weighted by Crippen LogP contribution is -2.02. The Morgan fingerprint density at radius 2 is 1.69 bits per heavy atom. The lowest BCUT2D eigenvalue weighted by Gasteiger charge is -2.06. The van der Waals surface area contributed by atoms with Crippen LogP contribution in [0.4, 0.5) is 0 Å². The summed E-state index contributed by atoms with van der Waals surface area (Å²) in [6, 6.07) is 9.31. The Labute approximate surface area is 78.9 Å². The minimum absolute atomic E-state index is 0.444. The van der Waals surface area contributed by atoms with Gasteiger partial charge in [0, 0.05) is 12.0 Å². The third-order valence-corrected chi connectivity index (χ3v) is 3.25. The number of rotatable bonds is 2. The Hall–Kier alpha value is -0.820. The Balaban J connectivity index is 1.97. The smallest absolute Gasteiger partial charge is 0.0115 e. The fourth-order valence-electron chi connectivity index (χ4n) is 2.19. The van der Waals surface area contributed by atoms with Crippen LogP contribution in [0.1, 0.15) is 42.2 Å². The summed E-state index contributed by atoms with van der Waals surface area (Å²) in [7, 11) is 0. The number of hydrogen-bond donors (Lipinski definition) is 1. The minimum Gasteiger partial charge on any atom is -0.327 e. The number of benzene rings is 1. The molecular formula is C12H15N. The summed E-state index contributed by atoms with van der Waals surface area (Å²) in [6.07, 6.45) is 3.97. The lowest BCUT2D eigenvalue weighted by atomic mass is 9.99. The van der Waals surface area contributed by atoms with Gasteiger partial charge in [0.05, 0.1) is 0 Å². The molecule has 1 heteroatoms. The van der Waals surface area contributed by atoms with Gasteiger partial charge in [0.15, 0.2) is 0 Å². The van der Waals surface area contributed by atoms with E-state index in [2.05, 4.69) is 24.3 Å². The molecule has 0 aliphatic heterocycles. The summed E-state index contributed by atoms with van der Waals surface area (Å²) >= 11 is 0. The van der Waals surface area contributed by atoms with Gasteiger partial charge in [-0.1, -0.05) is 24.3 Å². The van der Waals surface area contributed by atoms with E-state index < -0.39 is 0 Å². The van der Waals surface area contributed by atoms with Gasteiger partial charge in [-0.3, -0.25) is 0 Å². The molecule has 13 heavy (non-hydrogen) atoms. The molecule has 68 valence electrons. The number of nitrogens with two attached hydrogens (primary N) is 1. The molecule has 0 unspecified atom stereocenters. The monoisotopic (exact) mass is 173 g/mol. The Morgan fingerprint density at radius 1 is 1.08 bits per heavy atom. The van der Waals surface area contributed by atoms with Gasteiger partial charge >= 0.3 is 0 Å². The molecule has 2 saturated carbocycles. The van der Waals surface area contributed by atoms with E-state index in [0.29, 0.717) is 12.0 Å². The second-order valence-electron chi connectivity index (χ2n) is 4.41. The van der Waals surface area contributed by atoms with Crippen molar-refractivity contribution in [2.24, 2.45) is 5.73 Å². The van der Waals surface area contributed by atoms with Crippen LogP contribution < -0.4 is 5.73 Å². The van der Waals surface area contributed by atoms with Crippen molar-refractivity contribution >= 4 is 0 Å². The molecule has 2 aliphatic rings. The van der Waals surface area contributed by atoms with E-state index in [0.717, 1.165) is 5.92 Å². The average Bonchev–Trinajstić information content (AvgIpc) is 2.98. The highest BCUT2D eigenvalue weighted by Crippen LogP contribution is 2.48. The molecule has 0 aromatic heterocycles. The van der Waals surface area contributed by atoms with Crippen LogP contribution >= 0.6 is 0 Å². The summed E-state index contributed by atoms with van der Waals surface area (Å²) in [4.78, 5) is 0. The third-order valence-electron chi connectivity index (χ3n) is 3.25. The highest BCUT2D eigenvalue weighted by molar-refractivity contribution is 5.39. The van der Waals surface area contributed by atoms with Crippen molar-refractivity contribution in [2.75, 3.05) is 0 Å². The molecule has 2 N–H and O–H groups in total. The predicted octanol–water partition coefficient (Wildman–Crippen LogP) is 2.38. The van der Waals surface area contributed by atoms with Crippen molar-refractivity contribution in [3.05, 3.63) is 35.4 Å². The van der Waals surface area contributed by atoms with Crippen LogP contribution in [0.3, 0.4) is 0 Å². The normalized spacial score (nSPS) is 31.8. The number of hydrogen-bond acceptors (Lipinski definition) is 1. The van der Waals surface area contributed by atoms with E-state index in [9.17, 15) is 0 Å². The molecule has 0 heterocycles. The Morgan fingerprint density at radius 3 is 2.23 bits per heavy atom. The van der Waals surface area contributed by atoms with Crippen molar-refractivity contribution in [1.29, 1.82) is 0 Å². The van der Waals surface area contributed by atoms with Crippen LogP contribution in [0, 0.1) is 0 Å². The van der Waals surface area contributed by atoms with E-state index >= 15 is 0 Å². The van der Waals surface area contributed by atoms with E-state index in [-0.39, 0.29) is 0 Å². The minimum atomic E-state index is 0.444. The topological polar surface area (TPSA) is 26.0 Å². The van der Waals surface area contributed by atoms with Crippen molar-refractivity contribution in [3.8, 4) is 0 Å². The lowest BCUT2D eigenvalue weighted by molar-refractivity contribution is 0.956. The van der Waals surface area contributed by atoms with Gasteiger partial charge in [-0.25, -0.2) is 0 Å². The standard InChI is InChI=1S/C12H15N/c13-12-7-11(12)10-4-2-1-3-9(10)8-5-6-8/h1-4,8,11-12H,5-7,13H2/t11-,12+/m0/s1. The second kappa shape index (κ2) is 2.58. The largest absolute Gasteiger partial charge is 0.327 e. The molecule has 2 fully saturated rings. The summed E-state index contributed by atoms with van der Waals surface area (Å²) < 4.78 is 0. The van der Waals surface area contributed by atoms with Crippen LogP contribution in [-0.4, -0.2) is 6.04 Å². The quantitative estimate of drug-likeness (QED) is 0.730. The summed E-state index contributed by atoms with van der Waals surface area (Å²) in [5.74, 6) is 1.54. The zero-order valence-electron chi connectivity index (χ0n) is 7.74. The molecule has 2 atom stereocenters. The van der Waals surface area contributed by atoms with Crippen LogP contribution in [0.15, 0.2) is 24.3 Å². The molecule has 0 radical (unpaired) electrons. The molecule has 0 amide bonds. The van der Waals surface area contributed by atoms with Gasteiger partial charge in [-0.2, -0.15) is 0 Å². The first kappa shape index (κ1) is 7.57. The highest BCUT2D eigenvalue weighted by atomic mass is 14.7. The first-order valence-electron chi connectivity index (χ1n) is 5.20. The van der Waals surface area contributed by atoms with Gasteiger partial charge in [0.1, 0.15) is 0 Å². The van der Waals surface area contributed by atoms with Gasteiger partial charge in [0.25, 0.3) is 0 Å². The van der Waals surface area contributed by atoms with Crippen molar-refractivity contribution in [1.82, 2.24) is 0 Å². The zero-order chi connectivity index (χ0) is 8.84. The summed E-state index contributed by atoms with van der Waals surface area (Å²) in [5, 5.41) is 0. The van der Waals surface area contributed by atoms with Crippen molar-refractivity contribution in [2.45, 2.75) is 37.1 Å². The van der Waals surface area contributed by atoms with Crippen molar-refractivity contribution < 1.29 is 0 Å². The Bertz CT molecular complexity index is 328. The van der Waals surface area contributed by atoms with Crippen LogP contribution in [0.2, 0.25) is 0 Å². The Kier molecular flexibility index (Phi) is 1.50. The fourth-order valence-corrected chi connectivity index (χ4v) is 2.19. The van der Waals surface area contributed by atoms with E-state index in [1.165, 1.54) is 24.8 Å². The molecule has 0 bridgehead atoms. The predicted molar refractivity (Wildman–Crippen MR) is 53.8 cm³/mol. The second-order valence-corrected chi connectivity index (χ2v) is 4.41. The zero-order valence-corrected chi connectivity index (χ0v) is 7.74. The summed E-state index contributed by atoms with van der Waals surface area (Å²) in [5.41, 5.74) is 9.01. The maximum absolute atomic E-state index is 5.89. The molecule has 0 saturated heterocycles. The molecular weight excluding hydrogens is 158 g/mol. The average molecular weight is 173 g/mol. The van der Waals surface area contributed by atoms with Crippen molar-refractivity contribution in [3.63, 3.8) is 0 Å². The van der Waals surface area contributed by atoms with E-state index in [1.807, 2.05) is 0 Å². The van der Waals surface area contributed by atoms with E-state index in [4.69, 9.17) is 5.73 Å². The van der Waals surface area contributed by atoms with E-state index in [1.54, 1.807) is 5.56 Å². The molecule has 0 spiro atoms. The van der Waals surface area contributed by atoms with Crippen LogP contribution in [-0.2, 0) is 0 Å². The molecule has 3 rings (SSSR count). The molecule has 1 aromatic carbocycles. The molecule has 1 aromatic rings. The van der Waals surface area contributed by atoms with Gasteiger partial charge in [0.2, 0.25) is 0 Å². The van der Waals surface area contributed by atoms with Crippen LogP contribution in [0.5, 0.6) is 0 Å². The third kappa shape index (κ3) is 1.28. The highest BCUT2D eigenvalue weighted by Gasteiger charge is 2.38. The summed E-state index contributed by atoms with van der Waals surface area (Å²) in [6.45, 7) is 0.